The summed E-state index contributed by atoms with van der Waals surface area (Å²) in [6, 6.07) is 6.37. The Kier molecular flexibility index (Phi) is 7.57. The minimum Gasteiger partial charge on any atom is -0.492 e. The molecule has 3 rings (SSSR count). The summed E-state index contributed by atoms with van der Waals surface area (Å²) in [4.78, 5) is 12.3. The molecule has 0 spiro atoms. The normalized spacial score (nSPS) is 14.3. The van der Waals surface area contributed by atoms with Crippen molar-refractivity contribution in [1.82, 2.24) is 19.4 Å². The summed E-state index contributed by atoms with van der Waals surface area (Å²) in [5, 5.41) is 0. The Balaban J connectivity index is 1.70. The molecule has 28 heavy (non-hydrogen) atoms. The maximum absolute atomic E-state index is 6.00. The van der Waals surface area contributed by atoms with E-state index in [4.69, 9.17) is 9.72 Å². The van der Waals surface area contributed by atoms with Gasteiger partial charge in [-0.1, -0.05) is 27.7 Å². The first-order chi connectivity index (χ1) is 13.7. The number of rotatable bonds is 11. The Morgan fingerprint density at radius 3 is 2.39 bits per heavy atom. The van der Waals surface area contributed by atoms with Gasteiger partial charge in [-0.2, -0.15) is 0 Å². The van der Waals surface area contributed by atoms with Gasteiger partial charge in [-0.3, -0.25) is 0 Å². The summed E-state index contributed by atoms with van der Waals surface area (Å²) in [6.07, 6.45) is 1.18. The molecule has 6 heteroatoms. The summed E-state index contributed by atoms with van der Waals surface area (Å²) in [7, 11) is 0. The molecule has 2 heterocycles. The largest absolute Gasteiger partial charge is 0.492 e. The van der Waals surface area contributed by atoms with Crippen molar-refractivity contribution in [2.24, 2.45) is 0 Å². The van der Waals surface area contributed by atoms with Crippen LogP contribution in [0.5, 0.6) is 5.75 Å². The molecule has 6 nitrogen and oxygen atoms in total. The molecule has 0 bridgehead atoms. The van der Waals surface area contributed by atoms with E-state index in [1.165, 1.54) is 11.9 Å². The third kappa shape index (κ3) is 4.78. The van der Waals surface area contributed by atoms with Gasteiger partial charge in [0, 0.05) is 38.8 Å². The van der Waals surface area contributed by atoms with Crippen LogP contribution in [0.4, 0.5) is 5.95 Å². The van der Waals surface area contributed by atoms with E-state index in [0.29, 0.717) is 0 Å². The van der Waals surface area contributed by atoms with Crippen molar-refractivity contribution >= 4 is 17.0 Å². The molecule has 1 aromatic carbocycles. The van der Waals surface area contributed by atoms with Crippen LogP contribution < -0.4 is 9.64 Å². The van der Waals surface area contributed by atoms with E-state index in [-0.39, 0.29) is 0 Å². The molecule has 0 saturated heterocycles. The van der Waals surface area contributed by atoms with Gasteiger partial charge in [-0.15, -0.1) is 0 Å². The van der Waals surface area contributed by atoms with Crippen molar-refractivity contribution in [2.45, 2.75) is 40.7 Å². The minimum absolute atomic E-state index is 0.719. The number of likely N-dealkylation sites (N-methyl/N-ethyl adjacent to an activating group) is 2. The van der Waals surface area contributed by atoms with Gasteiger partial charge >= 0.3 is 0 Å². The lowest BCUT2D eigenvalue weighted by Crippen LogP contribution is -2.39. The monoisotopic (exact) mass is 387 g/mol. The number of hydrogen-bond donors (Lipinski definition) is 0. The van der Waals surface area contributed by atoms with Crippen molar-refractivity contribution < 1.29 is 4.74 Å². The number of benzene rings is 1. The molecular weight excluding hydrogens is 350 g/mol. The highest BCUT2D eigenvalue weighted by Gasteiger charge is 2.21. The molecule has 2 aromatic rings. The van der Waals surface area contributed by atoms with E-state index in [1.807, 2.05) is 0 Å². The number of aromatic nitrogens is 2. The predicted molar refractivity (Wildman–Crippen MR) is 118 cm³/mol. The highest BCUT2D eigenvalue weighted by Crippen LogP contribution is 2.29. The van der Waals surface area contributed by atoms with Crippen LogP contribution in [0.15, 0.2) is 18.2 Å². The Labute approximate surface area is 170 Å². The molecule has 0 amide bonds. The fourth-order valence-corrected chi connectivity index (χ4v) is 4.01. The molecule has 0 N–H and O–H groups in total. The number of ether oxygens (including phenoxy) is 1. The molecule has 1 aliphatic heterocycles. The van der Waals surface area contributed by atoms with Crippen molar-refractivity contribution in [3.63, 3.8) is 0 Å². The first-order valence-corrected chi connectivity index (χ1v) is 11.0. The summed E-state index contributed by atoms with van der Waals surface area (Å²) in [6.45, 7) is 19.2. The smallest absolute Gasteiger partial charge is 0.206 e. The zero-order valence-corrected chi connectivity index (χ0v) is 18.2. The molecular formula is C22H37N5O. The minimum atomic E-state index is 0.719. The van der Waals surface area contributed by atoms with E-state index in [1.54, 1.807) is 0 Å². The molecule has 156 valence electrons. The van der Waals surface area contributed by atoms with Gasteiger partial charge in [0.25, 0.3) is 0 Å². The van der Waals surface area contributed by atoms with E-state index in [2.05, 4.69) is 65.2 Å². The van der Waals surface area contributed by atoms with Crippen LogP contribution in [0.1, 0.15) is 34.1 Å². The second-order valence-electron chi connectivity index (χ2n) is 7.46. The zero-order valence-electron chi connectivity index (χ0n) is 18.2. The Morgan fingerprint density at radius 2 is 1.68 bits per heavy atom. The Bertz CT molecular complexity index is 736. The third-order valence-corrected chi connectivity index (χ3v) is 5.94. The van der Waals surface area contributed by atoms with Crippen LogP contribution in [-0.4, -0.2) is 78.3 Å². The zero-order chi connectivity index (χ0) is 19.9. The second-order valence-corrected chi connectivity index (χ2v) is 7.46. The van der Waals surface area contributed by atoms with Crippen molar-refractivity contribution in [2.75, 3.05) is 63.9 Å². The average molecular weight is 388 g/mol. The third-order valence-electron chi connectivity index (χ3n) is 5.94. The first-order valence-electron chi connectivity index (χ1n) is 11.0. The molecule has 0 unspecified atom stereocenters. The van der Waals surface area contributed by atoms with Crippen LogP contribution in [0.3, 0.4) is 0 Å². The lowest BCUT2D eigenvalue weighted by Gasteiger charge is -2.31. The molecule has 0 aliphatic carbocycles. The summed E-state index contributed by atoms with van der Waals surface area (Å²) >= 11 is 0. The van der Waals surface area contributed by atoms with Gasteiger partial charge in [0.15, 0.2) is 0 Å². The van der Waals surface area contributed by atoms with Gasteiger partial charge in [0.2, 0.25) is 5.95 Å². The highest BCUT2D eigenvalue weighted by atomic mass is 16.5. The molecule has 1 aliphatic rings. The average Bonchev–Trinajstić information content (AvgIpc) is 3.10. The number of fused-ring (bicyclic) bond motifs is 3. The topological polar surface area (TPSA) is 36.8 Å². The van der Waals surface area contributed by atoms with E-state index in [0.717, 1.165) is 82.7 Å². The number of anilines is 1. The highest BCUT2D eigenvalue weighted by molar-refractivity contribution is 5.80. The van der Waals surface area contributed by atoms with Gasteiger partial charge in [0.05, 0.1) is 11.0 Å². The molecule has 0 saturated carbocycles. The first kappa shape index (κ1) is 20.9. The number of imidazole rings is 1. The van der Waals surface area contributed by atoms with Crippen LogP contribution in [0, 0.1) is 0 Å². The molecule has 0 atom stereocenters. The maximum Gasteiger partial charge on any atom is 0.206 e. The molecule has 0 fully saturated rings. The maximum atomic E-state index is 6.00. The van der Waals surface area contributed by atoms with Crippen LogP contribution in [-0.2, 0) is 6.54 Å². The Hall–Kier alpha value is -1.79. The molecule has 0 radical (unpaired) electrons. The molecule has 1 aromatic heterocycles. The summed E-state index contributed by atoms with van der Waals surface area (Å²) in [5.74, 6) is 2.04. The fourth-order valence-electron chi connectivity index (χ4n) is 4.01. The summed E-state index contributed by atoms with van der Waals surface area (Å²) < 4.78 is 8.38. The summed E-state index contributed by atoms with van der Waals surface area (Å²) in [5.41, 5.74) is 2.27. The lowest BCUT2D eigenvalue weighted by atomic mass is 10.2. The van der Waals surface area contributed by atoms with E-state index < -0.39 is 0 Å². The second kappa shape index (κ2) is 10.1. The number of aryl methyl sites for hydroxylation is 1. The van der Waals surface area contributed by atoms with E-state index >= 15 is 0 Å². The van der Waals surface area contributed by atoms with E-state index in [9.17, 15) is 0 Å². The van der Waals surface area contributed by atoms with Crippen molar-refractivity contribution in [3.8, 4) is 5.75 Å². The predicted octanol–water partition coefficient (Wildman–Crippen LogP) is 3.31. The number of nitrogens with zero attached hydrogens (tertiary/aromatic N) is 5. The fraction of sp³-hybridized carbons (Fsp3) is 0.682. The quantitative estimate of drug-likeness (QED) is 0.591. The van der Waals surface area contributed by atoms with Crippen LogP contribution in [0.2, 0.25) is 0 Å². The van der Waals surface area contributed by atoms with Gasteiger partial charge < -0.3 is 24.0 Å². The number of hydrogen-bond acceptors (Lipinski definition) is 5. The van der Waals surface area contributed by atoms with Crippen molar-refractivity contribution in [3.05, 3.63) is 18.2 Å². The lowest BCUT2D eigenvalue weighted by molar-refractivity contribution is 0.223. The van der Waals surface area contributed by atoms with Gasteiger partial charge in [-0.05, 0) is 44.7 Å². The standard InChI is InChI=1S/C22H37N5O/c1-5-24(6-2)14-15-26-12-9-13-27-21-11-10-19(18-20(21)23-22(26)27)28-17-16-25(7-3)8-4/h10-11,18H,5-9,12-17H2,1-4H3. The van der Waals surface area contributed by atoms with Crippen LogP contribution in [0.25, 0.3) is 11.0 Å². The Morgan fingerprint density at radius 1 is 0.964 bits per heavy atom. The van der Waals surface area contributed by atoms with Gasteiger partial charge in [-0.25, -0.2) is 4.98 Å². The SMILES string of the molecule is CCN(CC)CCOc1ccc2c(c1)nc1n2CCCN1CCN(CC)CC. The van der Waals surface area contributed by atoms with Crippen molar-refractivity contribution in [1.29, 1.82) is 0 Å². The van der Waals surface area contributed by atoms with Gasteiger partial charge in [0.1, 0.15) is 12.4 Å². The van der Waals surface area contributed by atoms with Crippen LogP contribution >= 0.6 is 0 Å².